The van der Waals surface area contributed by atoms with E-state index < -0.39 is 23.9 Å². The summed E-state index contributed by atoms with van der Waals surface area (Å²) in [6, 6.07) is 2.08. The largest absolute Gasteiger partial charge is 0.392 e. The van der Waals surface area contributed by atoms with Crippen LogP contribution in [-0.4, -0.2) is 19.9 Å². The minimum atomic E-state index is -0.806. The van der Waals surface area contributed by atoms with Gasteiger partial charge in [-0.1, -0.05) is 0 Å². The number of hydrogen-bond acceptors (Lipinski definition) is 4. The molecule has 2 rings (SSSR count). The van der Waals surface area contributed by atoms with Gasteiger partial charge in [-0.2, -0.15) is 0 Å². The Morgan fingerprint density at radius 3 is 2.50 bits per heavy atom. The molecule has 0 saturated heterocycles. The van der Waals surface area contributed by atoms with Crippen LogP contribution in [0.5, 0.6) is 0 Å². The molecule has 18 heavy (non-hydrogen) atoms. The van der Waals surface area contributed by atoms with E-state index in [4.69, 9.17) is 5.11 Å². The number of nitrogens with one attached hydrogen (secondary N) is 1. The number of aliphatic hydroxyl groups is 1. The van der Waals surface area contributed by atoms with Crippen molar-refractivity contribution in [1.29, 1.82) is 0 Å². The summed E-state index contributed by atoms with van der Waals surface area (Å²) in [5.41, 5.74) is -0.324. The molecular weight excluding hydrogens is 264 g/mol. The van der Waals surface area contributed by atoms with Crippen molar-refractivity contribution in [2.45, 2.75) is 16.7 Å². The number of H-pyrrole nitrogens is 1. The topological polar surface area (TPSA) is 70.9 Å². The number of aromatic amines is 1. The number of benzene rings is 1. The second-order valence-corrected chi connectivity index (χ2v) is 4.50. The lowest BCUT2D eigenvalue weighted by molar-refractivity contribution is 0.280. The zero-order chi connectivity index (χ0) is 13.3. The van der Waals surface area contributed by atoms with E-state index in [1.807, 2.05) is 0 Å². The molecule has 2 aromatic rings. The van der Waals surface area contributed by atoms with Crippen molar-refractivity contribution < 1.29 is 13.9 Å². The van der Waals surface area contributed by atoms with Crippen molar-refractivity contribution in [1.82, 2.24) is 14.8 Å². The van der Waals surface area contributed by atoms with Gasteiger partial charge in [0, 0.05) is 7.05 Å². The number of hydrogen-bond donors (Lipinski definition) is 2. The van der Waals surface area contributed by atoms with Crippen LogP contribution in [0.3, 0.4) is 0 Å². The van der Waals surface area contributed by atoms with Gasteiger partial charge in [-0.3, -0.25) is 4.57 Å². The predicted molar refractivity (Wildman–Crippen MR) is 60.2 cm³/mol. The number of nitrogens with zero attached hydrogens (tertiary/aromatic N) is 2. The van der Waals surface area contributed by atoms with Crippen molar-refractivity contribution in [2.24, 2.45) is 7.05 Å². The van der Waals surface area contributed by atoms with Gasteiger partial charge in [0.1, 0.15) is 11.6 Å². The third kappa shape index (κ3) is 2.29. The zero-order valence-electron chi connectivity index (χ0n) is 9.28. The Morgan fingerprint density at radius 1 is 1.44 bits per heavy atom. The highest BCUT2D eigenvalue weighted by Gasteiger charge is 2.15. The van der Waals surface area contributed by atoms with Crippen molar-refractivity contribution in [3.8, 4) is 0 Å². The molecule has 0 atom stereocenters. The average Bonchev–Trinajstić information content (AvgIpc) is 2.65. The Balaban J connectivity index is 2.41. The molecule has 0 unspecified atom stereocenters. The molecule has 96 valence electrons. The number of halogens is 2. The van der Waals surface area contributed by atoms with E-state index >= 15 is 0 Å². The molecule has 1 aromatic carbocycles. The van der Waals surface area contributed by atoms with Crippen LogP contribution in [0.25, 0.3) is 0 Å². The van der Waals surface area contributed by atoms with Crippen LogP contribution >= 0.6 is 11.8 Å². The summed E-state index contributed by atoms with van der Waals surface area (Å²) >= 11 is 0.696. The molecule has 0 aliphatic rings. The van der Waals surface area contributed by atoms with E-state index in [0.717, 1.165) is 16.7 Å². The van der Waals surface area contributed by atoms with E-state index in [9.17, 15) is 13.6 Å². The molecule has 0 saturated carbocycles. The van der Waals surface area contributed by atoms with Gasteiger partial charge in [0.2, 0.25) is 0 Å². The summed E-state index contributed by atoms with van der Waals surface area (Å²) in [4.78, 5) is 10.8. The Kier molecular flexibility index (Phi) is 3.48. The molecule has 0 aliphatic heterocycles. The van der Waals surface area contributed by atoms with E-state index in [2.05, 4.69) is 10.2 Å². The summed E-state index contributed by atoms with van der Waals surface area (Å²) in [6.45, 7) is -0.445. The molecule has 0 spiro atoms. The van der Waals surface area contributed by atoms with E-state index in [0.29, 0.717) is 11.8 Å². The van der Waals surface area contributed by atoms with Crippen LogP contribution < -0.4 is 5.69 Å². The summed E-state index contributed by atoms with van der Waals surface area (Å²) < 4.78 is 28.4. The summed E-state index contributed by atoms with van der Waals surface area (Å²) in [7, 11) is 1.44. The Hall–Kier alpha value is -1.67. The second-order valence-electron chi connectivity index (χ2n) is 3.52. The molecule has 0 fully saturated rings. The van der Waals surface area contributed by atoms with Gasteiger partial charge in [0.05, 0.1) is 11.5 Å². The van der Waals surface area contributed by atoms with Crippen LogP contribution in [0.4, 0.5) is 8.78 Å². The first-order valence-corrected chi connectivity index (χ1v) is 5.72. The van der Waals surface area contributed by atoms with Crippen molar-refractivity contribution >= 4 is 11.8 Å². The van der Waals surface area contributed by atoms with Gasteiger partial charge in [0.15, 0.2) is 5.16 Å². The maximum Gasteiger partial charge on any atom is 0.343 e. The quantitative estimate of drug-likeness (QED) is 0.876. The van der Waals surface area contributed by atoms with Crippen LogP contribution in [0.1, 0.15) is 5.56 Å². The molecule has 0 bridgehead atoms. The maximum absolute atomic E-state index is 13.6. The smallest absolute Gasteiger partial charge is 0.343 e. The van der Waals surface area contributed by atoms with Crippen LogP contribution in [0.15, 0.2) is 27.0 Å². The van der Waals surface area contributed by atoms with Gasteiger partial charge >= 0.3 is 5.69 Å². The minimum Gasteiger partial charge on any atom is -0.392 e. The fourth-order valence-electron chi connectivity index (χ4n) is 1.32. The first kappa shape index (κ1) is 12.8. The molecule has 8 heteroatoms. The molecule has 0 aliphatic carbocycles. The third-order valence-electron chi connectivity index (χ3n) is 2.27. The SMILES string of the molecule is Cn1c(Sc2c(F)cc(CO)cc2F)n[nH]c1=O. The normalized spacial score (nSPS) is 10.9. The van der Waals surface area contributed by atoms with Crippen LogP contribution in [0.2, 0.25) is 0 Å². The van der Waals surface area contributed by atoms with Gasteiger partial charge in [0.25, 0.3) is 0 Å². The van der Waals surface area contributed by atoms with Crippen molar-refractivity contribution in [3.05, 3.63) is 39.8 Å². The summed E-state index contributed by atoms with van der Waals surface area (Å²) in [5.74, 6) is -1.61. The lowest BCUT2D eigenvalue weighted by Gasteiger charge is -2.05. The number of aliphatic hydroxyl groups excluding tert-OH is 1. The Labute approximate surface area is 104 Å². The highest BCUT2D eigenvalue weighted by molar-refractivity contribution is 7.99. The molecule has 1 aromatic heterocycles. The lowest BCUT2D eigenvalue weighted by Crippen LogP contribution is -2.12. The first-order valence-electron chi connectivity index (χ1n) is 4.91. The summed E-state index contributed by atoms with van der Waals surface area (Å²) in [6.07, 6.45) is 0. The second kappa shape index (κ2) is 4.91. The minimum absolute atomic E-state index is 0.144. The van der Waals surface area contributed by atoms with Gasteiger partial charge in [-0.15, -0.1) is 5.10 Å². The molecule has 2 N–H and O–H groups in total. The fourth-order valence-corrected chi connectivity index (χ4v) is 2.12. The van der Waals surface area contributed by atoms with Gasteiger partial charge < -0.3 is 5.11 Å². The van der Waals surface area contributed by atoms with Crippen LogP contribution in [0, 0.1) is 11.6 Å². The Morgan fingerprint density at radius 2 is 2.06 bits per heavy atom. The van der Waals surface area contributed by atoms with Crippen molar-refractivity contribution in [2.75, 3.05) is 0 Å². The molecular formula is C10H9F2N3O2S. The Bertz CT molecular complexity index is 615. The maximum atomic E-state index is 13.6. The molecule has 5 nitrogen and oxygen atoms in total. The zero-order valence-corrected chi connectivity index (χ0v) is 10.1. The first-order chi connectivity index (χ1) is 8.52. The molecule has 0 radical (unpaired) electrons. The number of aromatic nitrogens is 3. The van der Waals surface area contributed by atoms with E-state index in [1.54, 1.807) is 0 Å². The third-order valence-corrected chi connectivity index (χ3v) is 3.41. The standard InChI is InChI=1S/C10H9F2N3O2S/c1-15-9(17)13-14-10(15)18-8-6(11)2-5(4-16)3-7(8)12/h2-3,16H,4H2,1H3,(H,13,17). The average molecular weight is 273 g/mol. The van der Waals surface area contributed by atoms with E-state index in [1.165, 1.54) is 7.05 Å². The fraction of sp³-hybridized carbons (Fsp3) is 0.200. The predicted octanol–water partition coefficient (Wildman–Crippen LogP) is 1.03. The number of rotatable bonds is 3. The lowest BCUT2D eigenvalue weighted by atomic mass is 10.2. The van der Waals surface area contributed by atoms with E-state index in [-0.39, 0.29) is 15.6 Å². The molecule has 1 heterocycles. The monoisotopic (exact) mass is 273 g/mol. The van der Waals surface area contributed by atoms with Crippen molar-refractivity contribution in [3.63, 3.8) is 0 Å². The molecule has 0 amide bonds. The highest BCUT2D eigenvalue weighted by Crippen LogP contribution is 2.30. The van der Waals surface area contributed by atoms with Crippen LogP contribution in [-0.2, 0) is 13.7 Å². The van der Waals surface area contributed by atoms with Gasteiger partial charge in [-0.05, 0) is 29.5 Å². The summed E-state index contributed by atoms with van der Waals surface area (Å²) in [5, 5.41) is 14.8. The van der Waals surface area contributed by atoms with Gasteiger partial charge in [-0.25, -0.2) is 18.7 Å². The highest BCUT2D eigenvalue weighted by atomic mass is 32.2.